The number of nitriles is 1. The quantitative estimate of drug-likeness (QED) is 0.0862. The first-order valence-electron chi connectivity index (χ1n) is 24.9. The highest BCUT2D eigenvalue weighted by molar-refractivity contribution is 8.03. The molecule has 4 aromatic heterocycles. The molecule has 0 bridgehead atoms. The van der Waals surface area contributed by atoms with Crippen LogP contribution in [0.5, 0.6) is 5.88 Å². The number of fused-ring (bicyclic) bond motifs is 1. The molecule has 5 N–H and O–H groups in total. The van der Waals surface area contributed by atoms with Crippen LogP contribution in [0.1, 0.15) is 102 Å². The largest absolute Gasteiger partial charge is 0.479 e. The molecule has 23 heteroatoms. The van der Waals surface area contributed by atoms with Gasteiger partial charge in [-0.15, -0.1) is 23.1 Å². The van der Waals surface area contributed by atoms with Crippen molar-refractivity contribution in [2.75, 3.05) is 44.2 Å². The van der Waals surface area contributed by atoms with E-state index in [1.807, 2.05) is 20.8 Å². The molecule has 73 heavy (non-hydrogen) atoms. The standard InChI is InChI=1S/C50H62N14O7S2/c1-28(2)41(46(67)63-25-33(65)22-36(63)45(66)56-40(47(68)69)31-11-13-32(14-12-31)42-30(4)54-27-72-42)64-26-38(58-60-64)70-21-7-6-18-61-19-9-20-62(29(3)24-61)49-53-17-15-35(55-49)44-57-48(71-59-44)50(5)16-8-10-37-39(50)34(23-51)43(52)73-37/h11-15,17,26-29,33,36-37,39-41,65H,6-10,16,18-22,24-25,52H2,1-5H3,(H,56,66)(H,68,69)/t29-,33+,36-,37?,39?,40+,41?,50-/m0/s1. The lowest BCUT2D eigenvalue weighted by Gasteiger charge is -2.40. The Morgan fingerprint density at radius 3 is 2.64 bits per heavy atom. The number of thiazole rings is 1. The fraction of sp³-hybridized carbons (Fsp3) is 0.540. The third-order valence-electron chi connectivity index (χ3n) is 14.6. The van der Waals surface area contributed by atoms with Gasteiger partial charge in [0.05, 0.1) is 57.1 Å². The Labute approximate surface area is 431 Å². The molecule has 8 atom stereocenters. The van der Waals surface area contributed by atoms with Crippen molar-refractivity contribution in [1.82, 2.24) is 55.2 Å². The minimum Gasteiger partial charge on any atom is -0.479 e. The number of aliphatic hydroxyl groups is 1. The Hall–Kier alpha value is -6.48. The lowest BCUT2D eigenvalue weighted by Crippen LogP contribution is -2.50. The summed E-state index contributed by atoms with van der Waals surface area (Å²) in [6, 6.07) is 7.80. The first-order chi connectivity index (χ1) is 35.1. The van der Waals surface area contributed by atoms with E-state index in [1.54, 1.807) is 60.0 Å². The van der Waals surface area contributed by atoms with Gasteiger partial charge in [0.1, 0.15) is 17.8 Å². The number of thioether (sulfide) groups is 1. The van der Waals surface area contributed by atoms with Gasteiger partial charge in [-0.1, -0.05) is 66.9 Å². The number of unbranched alkanes of at least 4 members (excludes halogenated alkanes) is 1. The number of aromatic nitrogens is 8. The van der Waals surface area contributed by atoms with Crippen molar-refractivity contribution in [2.24, 2.45) is 17.6 Å². The van der Waals surface area contributed by atoms with Gasteiger partial charge in [-0.25, -0.2) is 24.4 Å². The minimum atomic E-state index is -1.38. The van der Waals surface area contributed by atoms with Gasteiger partial charge < -0.3 is 45.2 Å². The Morgan fingerprint density at radius 1 is 1.10 bits per heavy atom. The average molecular weight is 1040 g/mol. The molecule has 5 aromatic rings. The summed E-state index contributed by atoms with van der Waals surface area (Å²) in [5.41, 5.74) is 10.8. The number of aryl methyl sites for hydroxylation is 1. The van der Waals surface area contributed by atoms with E-state index >= 15 is 0 Å². The van der Waals surface area contributed by atoms with Crippen molar-refractivity contribution in [3.8, 4) is 33.9 Å². The molecule has 1 aromatic carbocycles. The van der Waals surface area contributed by atoms with Gasteiger partial charge in [0.15, 0.2) is 6.04 Å². The minimum absolute atomic E-state index is 0.0486. The molecular formula is C50H62N14O7S2. The number of carbonyl (C=O) groups excluding carboxylic acids is 2. The van der Waals surface area contributed by atoms with Crippen LogP contribution in [0, 0.1) is 30.1 Å². The number of hydrogen-bond acceptors (Lipinski definition) is 19. The second kappa shape index (κ2) is 21.9. The van der Waals surface area contributed by atoms with E-state index < -0.39 is 47.4 Å². The van der Waals surface area contributed by atoms with Crippen molar-refractivity contribution in [1.29, 1.82) is 5.26 Å². The molecule has 1 saturated carbocycles. The number of ether oxygens (including phenoxy) is 1. The maximum atomic E-state index is 14.3. The molecule has 7 heterocycles. The predicted molar refractivity (Wildman–Crippen MR) is 272 cm³/mol. The molecule has 4 aliphatic rings. The summed E-state index contributed by atoms with van der Waals surface area (Å²) in [6.45, 7) is 13.5. The van der Waals surface area contributed by atoms with E-state index in [0.717, 1.165) is 80.8 Å². The summed E-state index contributed by atoms with van der Waals surface area (Å²) in [4.78, 5) is 66.2. The number of aliphatic hydroxyl groups excluding tert-OH is 1. The maximum absolute atomic E-state index is 14.3. The summed E-state index contributed by atoms with van der Waals surface area (Å²) in [6.07, 6.45) is 7.60. The summed E-state index contributed by atoms with van der Waals surface area (Å²) in [5.74, 6) is -1.01. The normalized spacial score (nSPS) is 24.3. The first-order valence-corrected chi connectivity index (χ1v) is 26.7. The lowest BCUT2D eigenvalue weighted by molar-refractivity contribution is -0.145. The van der Waals surface area contributed by atoms with Gasteiger partial charge in [0.25, 0.3) is 5.88 Å². The Balaban J connectivity index is 0.756. The molecule has 3 unspecified atom stereocenters. The van der Waals surface area contributed by atoms with Crippen molar-refractivity contribution in [3.63, 3.8) is 0 Å². The number of carboxylic acid groups (broad SMARTS) is 1. The number of benzene rings is 1. The molecule has 3 aliphatic heterocycles. The number of anilines is 1. The number of nitrogens with one attached hydrogen (secondary N) is 1. The Bertz CT molecular complexity index is 2860. The van der Waals surface area contributed by atoms with E-state index in [-0.39, 0.29) is 42.0 Å². The molecule has 2 amide bonds. The van der Waals surface area contributed by atoms with Crippen LogP contribution in [-0.2, 0) is 19.8 Å². The first kappa shape index (κ1) is 51.4. The van der Waals surface area contributed by atoms with Gasteiger partial charge in [0, 0.05) is 49.5 Å². The smallest absolute Gasteiger partial charge is 0.330 e. The zero-order chi connectivity index (χ0) is 51.6. The molecule has 386 valence electrons. The lowest BCUT2D eigenvalue weighted by atomic mass is 9.64. The van der Waals surface area contributed by atoms with Crippen LogP contribution in [0.2, 0.25) is 0 Å². The number of rotatable bonds is 17. The van der Waals surface area contributed by atoms with Crippen molar-refractivity contribution in [2.45, 2.75) is 121 Å². The highest BCUT2D eigenvalue weighted by Gasteiger charge is 2.53. The second-order valence-electron chi connectivity index (χ2n) is 20.0. The van der Waals surface area contributed by atoms with Gasteiger partial charge in [-0.05, 0) is 82.2 Å². The topological polar surface area (TPSA) is 281 Å². The molecular weight excluding hydrogens is 973 g/mol. The number of nitrogens with zero attached hydrogens (tertiary/aromatic N) is 12. The molecule has 9 rings (SSSR count). The Kier molecular flexibility index (Phi) is 15.4. The monoisotopic (exact) mass is 1030 g/mol. The van der Waals surface area contributed by atoms with Crippen molar-refractivity contribution >= 4 is 46.8 Å². The summed E-state index contributed by atoms with van der Waals surface area (Å²) in [7, 11) is 0. The van der Waals surface area contributed by atoms with Crippen molar-refractivity contribution < 1.29 is 33.9 Å². The fourth-order valence-electron chi connectivity index (χ4n) is 10.9. The number of amides is 2. The van der Waals surface area contributed by atoms with Gasteiger partial charge in [-0.2, -0.15) is 10.2 Å². The average Bonchev–Trinajstić information content (AvgIpc) is 4.23. The number of likely N-dealkylation sites (tertiary alicyclic amines) is 1. The second-order valence-corrected chi connectivity index (χ2v) is 22.2. The summed E-state index contributed by atoms with van der Waals surface area (Å²) < 4.78 is 13.4. The third kappa shape index (κ3) is 10.8. The number of nitrogens with two attached hydrogens (primary N) is 1. The predicted octanol–water partition coefficient (Wildman–Crippen LogP) is 5.28. The molecule has 3 fully saturated rings. The molecule has 2 saturated heterocycles. The number of allylic oxidation sites excluding steroid dienone is 1. The number of β-amino-alcohol motifs (C(OH)–C–C–N with tert-alkyl or cyclic N) is 1. The Morgan fingerprint density at radius 2 is 1.90 bits per heavy atom. The van der Waals surface area contributed by atoms with E-state index in [1.165, 1.54) is 20.9 Å². The van der Waals surface area contributed by atoms with Crippen LogP contribution in [0.3, 0.4) is 0 Å². The van der Waals surface area contributed by atoms with Gasteiger partial charge >= 0.3 is 5.97 Å². The van der Waals surface area contributed by atoms with Gasteiger partial charge in [-0.3, -0.25) is 9.59 Å². The van der Waals surface area contributed by atoms with E-state index in [9.17, 15) is 29.9 Å². The van der Waals surface area contributed by atoms with Crippen LogP contribution in [0.25, 0.3) is 22.0 Å². The van der Waals surface area contributed by atoms with Crippen LogP contribution < -0.4 is 20.7 Å². The maximum Gasteiger partial charge on any atom is 0.330 e. The number of aliphatic carboxylic acids is 1. The highest BCUT2D eigenvalue weighted by Crippen LogP contribution is 2.55. The van der Waals surface area contributed by atoms with Crippen LogP contribution >= 0.6 is 23.1 Å². The van der Waals surface area contributed by atoms with Crippen LogP contribution in [-0.4, -0.2) is 141 Å². The zero-order valence-electron chi connectivity index (χ0n) is 41.6. The summed E-state index contributed by atoms with van der Waals surface area (Å²) >= 11 is 3.07. The SMILES string of the molecule is Cc1ncsc1-c1ccc([C@@H](NC(=O)[C@@H]2C[C@@H](O)CN2C(=O)C(C(C)C)n2cc(OCCCCN3CCCN(c4nccc(-c5noc([C@@]6(C)CCCC7SC(N)=C(C#N)C76)n5)n4)[C@@H](C)C3)nn2)C(=O)O)cc1. The van der Waals surface area contributed by atoms with Gasteiger partial charge in [0.2, 0.25) is 29.5 Å². The molecule has 1 aliphatic carbocycles. The molecule has 21 nitrogen and oxygen atoms in total. The highest BCUT2D eigenvalue weighted by atomic mass is 32.2. The fourth-order valence-corrected chi connectivity index (χ4v) is 13.2. The third-order valence-corrected chi connectivity index (χ3v) is 16.9. The molecule has 0 spiro atoms. The van der Waals surface area contributed by atoms with Crippen LogP contribution in [0.15, 0.2) is 63.4 Å². The molecule has 0 radical (unpaired) electrons. The number of hydrogen-bond donors (Lipinski definition) is 4. The number of carboxylic acids is 1. The van der Waals surface area contributed by atoms with E-state index in [2.05, 4.69) is 60.5 Å². The van der Waals surface area contributed by atoms with E-state index in [4.69, 9.17) is 25.0 Å². The number of carbonyl (C=O) groups is 3. The summed E-state index contributed by atoms with van der Waals surface area (Å²) in [5, 5.41) is 47.1. The van der Waals surface area contributed by atoms with Crippen LogP contribution in [0.4, 0.5) is 5.95 Å². The van der Waals surface area contributed by atoms with E-state index in [0.29, 0.717) is 46.1 Å². The zero-order valence-corrected chi connectivity index (χ0v) is 43.3. The van der Waals surface area contributed by atoms with Crippen molar-refractivity contribution in [3.05, 3.63) is 76.0 Å².